The summed E-state index contributed by atoms with van der Waals surface area (Å²) < 4.78 is 13.0. The molecule has 3 rings (SSSR count). The van der Waals surface area contributed by atoms with Crippen molar-refractivity contribution in [1.82, 2.24) is 9.80 Å². The van der Waals surface area contributed by atoms with Crippen molar-refractivity contribution in [3.8, 4) is 0 Å². The molecule has 7 heteroatoms. The number of thioether (sulfide) groups is 1. The summed E-state index contributed by atoms with van der Waals surface area (Å²) in [5, 5.41) is 4.09. The molecule has 1 aromatic heterocycles. The number of halogens is 1. The van der Waals surface area contributed by atoms with Crippen LogP contribution in [0.15, 0.2) is 41.1 Å². The molecule has 1 saturated heterocycles. The zero-order valence-corrected chi connectivity index (χ0v) is 15.5. The molecule has 2 aromatic rings. The summed E-state index contributed by atoms with van der Waals surface area (Å²) in [5.41, 5.74) is 1.59. The highest BCUT2D eigenvalue weighted by molar-refractivity contribution is 8.00. The monoisotopic (exact) mass is 378 g/mol. The summed E-state index contributed by atoms with van der Waals surface area (Å²) in [6, 6.07) is 7.59. The van der Waals surface area contributed by atoms with Crippen LogP contribution in [0.25, 0.3) is 0 Å². The minimum Gasteiger partial charge on any atom is -0.337 e. The van der Waals surface area contributed by atoms with Crippen LogP contribution in [0.5, 0.6) is 0 Å². The quantitative estimate of drug-likeness (QED) is 0.771. The summed E-state index contributed by atoms with van der Waals surface area (Å²) in [6.07, 6.45) is 0. The van der Waals surface area contributed by atoms with E-state index in [2.05, 4.69) is 5.38 Å². The smallest absolute Gasteiger partial charge is 0.253 e. The molecule has 0 N–H and O–H groups in total. The Kier molecular flexibility index (Phi) is 5.75. The summed E-state index contributed by atoms with van der Waals surface area (Å²) in [7, 11) is 0. The van der Waals surface area contributed by atoms with Gasteiger partial charge in [-0.1, -0.05) is 0 Å². The zero-order chi connectivity index (χ0) is 17.8. The lowest BCUT2D eigenvalue weighted by Gasteiger charge is -2.28. The van der Waals surface area contributed by atoms with Crippen LogP contribution in [0.4, 0.5) is 4.39 Å². The van der Waals surface area contributed by atoms with E-state index >= 15 is 0 Å². The highest BCUT2D eigenvalue weighted by Crippen LogP contribution is 2.39. The normalized spacial score (nSPS) is 17.1. The van der Waals surface area contributed by atoms with Crippen molar-refractivity contribution in [3.05, 3.63) is 58.0 Å². The van der Waals surface area contributed by atoms with Crippen molar-refractivity contribution in [3.63, 3.8) is 0 Å². The topological polar surface area (TPSA) is 40.6 Å². The lowest BCUT2D eigenvalue weighted by Crippen LogP contribution is -2.40. The molecule has 0 aliphatic carbocycles. The maximum Gasteiger partial charge on any atom is 0.253 e. The summed E-state index contributed by atoms with van der Waals surface area (Å²) in [4.78, 5) is 28.3. The van der Waals surface area contributed by atoms with Crippen LogP contribution >= 0.6 is 23.1 Å². The molecule has 1 unspecified atom stereocenters. The first-order chi connectivity index (χ1) is 12.1. The van der Waals surface area contributed by atoms with Crippen LogP contribution in [-0.2, 0) is 4.79 Å². The van der Waals surface area contributed by atoms with Gasteiger partial charge in [-0.25, -0.2) is 4.39 Å². The number of hydrogen-bond donors (Lipinski definition) is 0. The van der Waals surface area contributed by atoms with Gasteiger partial charge < -0.3 is 9.80 Å². The number of hydrogen-bond acceptors (Lipinski definition) is 4. The lowest BCUT2D eigenvalue weighted by molar-refractivity contribution is -0.128. The van der Waals surface area contributed by atoms with Crippen molar-refractivity contribution < 1.29 is 14.0 Å². The van der Waals surface area contributed by atoms with E-state index in [1.54, 1.807) is 28.0 Å². The largest absolute Gasteiger partial charge is 0.337 e. The molecule has 1 atom stereocenters. The number of rotatable bonds is 6. The molecular formula is C18H19FN2O2S2. The molecule has 2 heterocycles. The number of carbonyl (C=O) groups is 2. The van der Waals surface area contributed by atoms with Gasteiger partial charge in [-0.15, -0.1) is 11.8 Å². The van der Waals surface area contributed by atoms with E-state index in [4.69, 9.17) is 0 Å². The minimum atomic E-state index is -0.363. The molecule has 4 nitrogen and oxygen atoms in total. The molecule has 0 saturated carbocycles. The Morgan fingerprint density at radius 3 is 2.72 bits per heavy atom. The Morgan fingerprint density at radius 2 is 2.08 bits per heavy atom. The van der Waals surface area contributed by atoms with Gasteiger partial charge in [0.05, 0.1) is 5.75 Å². The van der Waals surface area contributed by atoms with E-state index in [0.717, 1.165) is 5.56 Å². The standard InChI is InChI=1S/C18H19FN2O2S2/c1-2-20(17(23)13-3-5-15(19)6-4-13)8-9-21-16(22)12-25-18(21)14-7-10-24-11-14/h3-7,10-11,18H,2,8-9,12H2,1H3. The van der Waals surface area contributed by atoms with E-state index in [9.17, 15) is 14.0 Å². The Bertz CT molecular complexity index is 734. The molecule has 0 radical (unpaired) electrons. The first kappa shape index (κ1) is 17.9. The third-order valence-corrected chi connectivity index (χ3v) is 6.12. The van der Waals surface area contributed by atoms with E-state index in [1.165, 1.54) is 24.3 Å². The van der Waals surface area contributed by atoms with Crippen molar-refractivity contribution in [2.45, 2.75) is 12.3 Å². The van der Waals surface area contributed by atoms with Gasteiger partial charge in [0.1, 0.15) is 11.2 Å². The van der Waals surface area contributed by atoms with Gasteiger partial charge in [0.15, 0.2) is 0 Å². The summed E-state index contributed by atoms with van der Waals surface area (Å²) >= 11 is 3.24. The van der Waals surface area contributed by atoms with Crippen LogP contribution in [0, 0.1) is 5.82 Å². The van der Waals surface area contributed by atoms with Crippen molar-refractivity contribution >= 4 is 34.9 Å². The lowest BCUT2D eigenvalue weighted by atomic mass is 10.2. The molecule has 132 valence electrons. The van der Waals surface area contributed by atoms with Crippen molar-refractivity contribution in [1.29, 1.82) is 0 Å². The molecule has 2 amide bonds. The van der Waals surface area contributed by atoms with Crippen molar-refractivity contribution in [2.75, 3.05) is 25.4 Å². The number of nitrogens with zero attached hydrogens (tertiary/aromatic N) is 2. The molecule has 1 fully saturated rings. The number of amides is 2. The highest BCUT2D eigenvalue weighted by Gasteiger charge is 2.33. The molecule has 0 spiro atoms. The maximum absolute atomic E-state index is 13.0. The van der Waals surface area contributed by atoms with E-state index in [0.29, 0.717) is 31.0 Å². The van der Waals surface area contributed by atoms with E-state index in [-0.39, 0.29) is 23.0 Å². The second-order valence-electron chi connectivity index (χ2n) is 5.70. The Balaban J connectivity index is 1.66. The predicted octanol–water partition coefficient (Wildman–Crippen LogP) is 3.62. The third-order valence-electron chi connectivity index (χ3n) is 4.17. The summed E-state index contributed by atoms with van der Waals surface area (Å²) in [6.45, 7) is 3.39. The molecule has 25 heavy (non-hydrogen) atoms. The van der Waals surface area contributed by atoms with Gasteiger partial charge in [0.2, 0.25) is 5.91 Å². The maximum atomic E-state index is 13.0. The fourth-order valence-corrected chi connectivity index (χ4v) is 4.77. The average molecular weight is 378 g/mol. The SMILES string of the molecule is CCN(CCN1C(=O)CSC1c1ccsc1)C(=O)c1ccc(F)cc1. The Labute approximate surface area is 154 Å². The fraction of sp³-hybridized carbons (Fsp3) is 0.333. The molecule has 1 aromatic carbocycles. The second kappa shape index (κ2) is 8.01. The summed E-state index contributed by atoms with van der Waals surface area (Å²) in [5.74, 6) is 0.0664. The minimum absolute atomic E-state index is 0.0263. The van der Waals surface area contributed by atoms with Crippen LogP contribution in [0.3, 0.4) is 0 Å². The predicted molar refractivity (Wildman–Crippen MR) is 99.2 cm³/mol. The van der Waals surface area contributed by atoms with Gasteiger partial charge in [-0.2, -0.15) is 11.3 Å². The van der Waals surface area contributed by atoms with Crippen LogP contribution in [0.2, 0.25) is 0 Å². The van der Waals surface area contributed by atoms with E-state index in [1.807, 2.05) is 23.3 Å². The van der Waals surface area contributed by atoms with Crippen molar-refractivity contribution in [2.24, 2.45) is 0 Å². The first-order valence-electron chi connectivity index (χ1n) is 8.08. The Morgan fingerprint density at radius 1 is 1.32 bits per heavy atom. The number of benzene rings is 1. The fourth-order valence-electron chi connectivity index (χ4n) is 2.79. The first-order valence-corrected chi connectivity index (χ1v) is 10.1. The number of thiophene rings is 1. The second-order valence-corrected chi connectivity index (χ2v) is 7.55. The third kappa shape index (κ3) is 4.04. The van der Waals surface area contributed by atoms with Crippen LogP contribution in [0.1, 0.15) is 28.2 Å². The van der Waals surface area contributed by atoms with Crippen LogP contribution < -0.4 is 0 Å². The Hall–Kier alpha value is -1.86. The van der Waals surface area contributed by atoms with Crippen LogP contribution in [-0.4, -0.2) is 47.0 Å². The molecule has 0 bridgehead atoms. The molecular weight excluding hydrogens is 359 g/mol. The van der Waals surface area contributed by atoms with Gasteiger partial charge in [-0.05, 0) is 53.6 Å². The molecule has 1 aliphatic rings. The number of carbonyl (C=O) groups excluding carboxylic acids is 2. The van der Waals surface area contributed by atoms with Gasteiger partial charge >= 0.3 is 0 Å². The highest BCUT2D eigenvalue weighted by atomic mass is 32.2. The number of likely N-dealkylation sites (N-methyl/N-ethyl adjacent to an activating group) is 1. The van der Waals surface area contributed by atoms with E-state index < -0.39 is 0 Å². The average Bonchev–Trinajstić information content (AvgIpc) is 3.26. The van der Waals surface area contributed by atoms with Gasteiger partial charge in [0.25, 0.3) is 5.91 Å². The van der Waals surface area contributed by atoms with Gasteiger partial charge in [0, 0.05) is 25.2 Å². The zero-order valence-electron chi connectivity index (χ0n) is 13.9. The van der Waals surface area contributed by atoms with Gasteiger partial charge in [-0.3, -0.25) is 9.59 Å². The molecule has 1 aliphatic heterocycles.